The first-order valence-electron chi connectivity index (χ1n) is 11.0. The smallest absolute Gasteiger partial charge is 0.140 e. The SMILES string of the molecule is C[C@@H]1O[C@@H](S(=O)c2ccccc2)C[C@](C)(OCc2ccccc2)[C@H]1OCc1ccccc1. The lowest BCUT2D eigenvalue weighted by Gasteiger charge is -2.47. The molecule has 5 atom stereocenters. The van der Waals surface area contributed by atoms with Crippen LogP contribution in [0, 0.1) is 0 Å². The molecule has 1 aliphatic rings. The van der Waals surface area contributed by atoms with Crippen molar-refractivity contribution in [2.45, 2.75) is 61.6 Å². The molecule has 5 heteroatoms. The van der Waals surface area contributed by atoms with Gasteiger partial charge in [0.2, 0.25) is 0 Å². The molecule has 0 saturated carbocycles. The molecule has 0 aromatic heterocycles. The minimum absolute atomic E-state index is 0.272. The number of benzene rings is 3. The molecule has 168 valence electrons. The van der Waals surface area contributed by atoms with Crippen LogP contribution < -0.4 is 0 Å². The maximum Gasteiger partial charge on any atom is 0.140 e. The summed E-state index contributed by atoms with van der Waals surface area (Å²) in [5, 5.41) is 0. The summed E-state index contributed by atoms with van der Waals surface area (Å²) in [6.45, 7) is 4.96. The van der Waals surface area contributed by atoms with Crippen molar-refractivity contribution in [1.82, 2.24) is 0 Å². The molecule has 0 radical (unpaired) electrons. The van der Waals surface area contributed by atoms with Crippen molar-refractivity contribution in [2.75, 3.05) is 0 Å². The van der Waals surface area contributed by atoms with E-state index in [2.05, 4.69) is 6.92 Å². The monoisotopic (exact) mass is 450 g/mol. The fourth-order valence-electron chi connectivity index (χ4n) is 4.17. The molecular formula is C27H30O4S. The van der Waals surface area contributed by atoms with Gasteiger partial charge in [-0.15, -0.1) is 0 Å². The minimum Gasteiger partial charge on any atom is -0.368 e. The standard InChI is InChI=1S/C27H30O4S/c1-21-26(29-19-22-12-6-3-7-13-22)27(2,30-20-23-14-8-4-9-15-23)18-25(31-21)32(28)24-16-10-5-11-17-24/h3-17,21,25-26H,18-20H2,1-2H3/t21-,25-,26-,27-,32?/m0/s1. The summed E-state index contributed by atoms with van der Waals surface area (Å²) in [4.78, 5) is 0.763. The van der Waals surface area contributed by atoms with E-state index in [-0.39, 0.29) is 12.2 Å². The molecule has 0 bridgehead atoms. The maximum atomic E-state index is 13.3. The second kappa shape index (κ2) is 10.5. The van der Waals surface area contributed by atoms with E-state index in [4.69, 9.17) is 14.2 Å². The number of hydrogen-bond acceptors (Lipinski definition) is 4. The highest BCUT2D eigenvalue weighted by Crippen LogP contribution is 2.38. The van der Waals surface area contributed by atoms with Crippen LogP contribution in [0.1, 0.15) is 31.4 Å². The summed E-state index contributed by atoms with van der Waals surface area (Å²) in [6, 6.07) is 29.7. The average Bonchev–Trinajstić information content (AvgIpc) is 2.83. The van der Waals surface area contributed by atoms with Crippen LogP contribution in [0.5, 0.6) is 0 Å². The Morgan fingerprint density at radius 2 is 1.41 bits per heavy atom. The Balaban J connectivity index is 1.54. The molecule has 0 N–H and O–H groups in total. The van der Waals surface area contributed by atoms with E-state index in [0.717, 1.165) is 16.0 Å². The predicted molar refractivity (Wildman–Crippen MR) is 126 cm³/mol. The van der Waals surface area contributed by atoms with E-state index in [0.29, 0.717) is 19.6 Å². The number of rotatable bonds is 8. The lowest BCUT2D eigenvalue weighted by atomic mass is 9.88. The van der Waals surface area contributed by atoms with E-state index >= 15 is 0 Å². The second-order valence-electron chi connectivity index (χ2n) is 8.39. The molecule has 0 spiro atoms. The minimum atomic E-state index is -1.30. The third-order valence-corrected chi connectivity index (χ3v) is 7.36. The molecule has 3 aromatic rings. The van der Waals surface area contributed by atoms with E-state index in [1.807, 2.05) is 97.9 Å². The average molecular weight is 451 g/mol. The first-order chi connectivity index (χ1) is 15.5. The summed E-state index contributed by atoms with van der Waals surface area (Å²) in [5.41, 5.74) is 1.07. The molecule has 0 aliphatic carbocycles. The van der Waals surface area contributed by atoms with Crippen molar-refractivity contribution < 1.29 is 18.4 Å². The van der Waals surface area contributed by atoms with E-state index in [1.54, 1.807) is 0 Å². The molecule has 1 aliphatic heterocycles. The third-order valence-electron chi connectivity index (χ3n) is 5.86. The van der Waals surface area contributed by atoms with Gasteiger partial charge in [0.15, 0.2) is 0 Å². The van der Waals surface area contributed by atoms with Gasteiger partial charge < -0.3 is 14.2 Å². The highest BCUT2D eigenvalue weighted by molar-refractivity contribution is 7.85. The van der Waals surface area contributed by atoms with Gasteiger partial charge in [0.25, 0.3) is 0 Å². The second-order valence-corrected chi connectivity index (χ2v) is 9.98. The lowest BCUT2D eigenvalue weighted by Crippen LogP contribution is -2.57. The fraction of sp³-hybridized carbons (Fsp3) is 0.333. The number of ether oxygens (including phenoxy) is 3. The summed E-state index contributed by atoms with van der Waals surface area (Å²) < 4.78 is 32.4. The van der Waals surface area contributed by atoms with Crippen molar-refractivity contribution in [3.63, 3.8) is 0 Å². The lowest BCUT2D eigenvalue weighted by molar-refractivity contribution is -0.232. The Labute approximate surface area is 193 Å². The van der Waals surface area contributed by atoms with Crippen LogP contribution in [0.2, 0.25) is 0 Å². The van der Waals surface area contributed by atoms with Gasteiger partial charge in [-0.1, -0.05) is 78.9 Å². The normalized spacial score (nSPS) is 26.5. The Morgan fingerprint density at radius 3 is 2.00 bits per heavy atom. The zero-order chi connectivity index (χ0) is 22.4. The summed E-state index contributed by atoms with van der Waals surface area (Å²) >= 11 is 0. The molecule has 4 rings (SSSR count). The van der Waals surface area contributed by atoms with E-state index in [9.17, 15) is 4.21 Å². The van der Waals surface area contributed by atoms with Crippen LogP contribution >= 0.6 is 0 Å². The molecule has 0 amide bonds. The van der Waals surface area contributed by atoms with Gasteiger partial charge in [-0.2, -0.15) is 0 Å². The topological polar surface area (TPSA) is 44.8 Å². The molecule has 32 heavy (non-hydrogen) atoms. The quantitative estimate of drug-likeness (QED) is 0.455. The van der Waals surface area contributed by atoms with E-state index in [1.165, 1.54) is 0 Å². The Bertz CT molecular complexity index is 996. The summed E-state index contributed by atoms with van der Waals surface area (Å²) in [5.74, 6) is 0. The van der Waals surface area contributed by atoms with Crippen LogP contribution in [0.15, 0.2) is 95.9 Å². The summed E-state index contributed by atoms with van der Waals surface area (Å²) in [6.07, 6.45) is -0.0909. The highest BCUT2D eigenvalue weighted by Gasteiger charge is 2.49. The molecule has 4 nitrogen and oxygen atoms in total. The molecular weight excluding hydrogens is 420 g/mol. The van der Waals surface area contributed by atoms with Crippen LogP contribution in [0.3, 0.4) is 0 Å². The van der Waals surface area contributed by atoms with Crippen molar-refractivity contribution in [3.8, 4) is 0 Å². The zero-order valence-corrected chi connectivity index (χ0v) is 19.4. The zero-order valence-electron chi connectivity index (χ0n) is 18.6. The largest absolute Gasteiger partial charge is 0.368 e. The van der Waals surface area contributed by atoms with Crippen LogP contribution in [0.25, 0.3) is 0 Å². The molecule has 3 aromatic carbocycles. The van der Waals surface area contributed by atoms with Gasteiger partial charge in [-0.25, -0.2) is 0 Å². The van der Waals surface area contributed by atoms with Gasteiger partial charge in [-0.05, 0) is 37.1 Å². The van der Waals surface area contributed by atoms with Gasteiger partial charge in [0.1, 0.15) is 11.5 Å². The first-order valence-corrected chi connectivity index (χ1v) is 12.2. The molecule has 1 heterocycles. The highest BCUT2D eigenvalue weighted by atomic mass is 32.2. The molecule has 1 fully saturated rings. The van der Waals surface area contributed by atoms with E-state index < -0.39 is 21.8 Å². The molecule has 1 saturated heterocycles. The van der Waals surface area contributed by atoms with Gasteiger partial charge in [-0.3, -0.25) is 4.21 Å². The van der Waals surface area contributed by atoms with Gasteiger partial charge in [0, 0.05) is 11.3 Å². The van der Waals surface area contributed by atoms with Crippen LogP contribution in [0.4, 0.5) is 0 Å². The maximum absolute atomic E-state index is 13.3. The Morgan fingerprint density at radius 1 is 0.875 bits per heavy atom. The summed E-state index contributed by atoms with van der Waals surface area (Å²) in [7, 11) is -1.30. The van der Waals surface area contributed by atoms with Crippen molar-refractivity contribution in [2.24, 2.45) is 0 Å². The first kappa shape index (κ1) is 22.9. The molecule has 1 unspecified atom stereocenters. The van der Waals surface area contributed by atoms with Crippen molar-refractivity contribution in [1.29, 1.82) is 0 Å². The Kier molecular flexibility index (Phi) is 7.53. The van der Waals surface area contributed by atoms with Crippen LogP contribution in [-0.4, -0.2) is 27.5 Å². The number of hydrogen-bond donors (Lipinski definition) is 0. The van der Waals surface area contributed by atoms with Gasteiger partial charge in [0.05, 0.1) is 35.7 Å². The van der Waals surface area contributed by atoms with Crippen molar-refractivity contribution in [3.05, 3.63) is 102 Å². The van der Waals surface area contributed by atoms with Gasteiger partial charge >= 0.3 is 0 Å². The van der Waals surface area contributed by atoms with Crippen LogP contribution in [-0.2, 0) is 38.2 Å². The predicted octanol–water partition coefficient (Wildman–Crippen LogP) is 5.49. The van der Waals surface area contributed by atoms with Crippen molar-refractivity contribution >= 4 is 10.8 Å². The third kappa shape index (κ3) is 5.54. The Hall–Kier alpha value is -2.31. The fourth-order valence-corrected chi connectivity index (χ4v) is 5.66.